The van der Waals surface area contributed by atoms with Crippen molar-refractivity contribution in [3.63, 3.8) is 0 Å². The second kappa shape index (κ2) is 11.4. The summed E-state index contributed by atoms with van der Waals surface area (Å²) in [4.78, 5) is 12.1. The third-order valence-electron chi connectivity index (χ3n) is 5.06. The highest BCUT2D eigenvalue weighted by Gasteiger charge is 2.15. The van der Waals surface area contributed by atoms with Crippen LogP contribution in [0.15, 0.2) is 27.4 Å². The molecule has 2 rings (SSSR count). The quantitative estimate of drug-likeness (QED) is 0.432. The lowest BCUT2D eigenvalue weighted by atomic mass is 10.0. The van der Waals surface area contributed by atoms with Crippen molar-refractivity contribution in [1.82, 2.24) is 0 Å². The van der Waals surface area contributed by atoms with Crippen molar-refractivity contribution in [2.24, 2.45) is 0 Å². The van der Waals surface area contributed by atoms with E-state index in [9.17, 15) is 25.2 Å². The van der Waals surface area contributed by atoms with Gasteiger partial charge in [0.2, 0.25) is 11.2 Å². The van der Waals surface area contributed by atoms with Crippen LogP contribution in [0.3, 0.4) is 0 Å². The van der Waals surface area contributed by atoms with Gasteiger partial charge < -0.3 is 24.8 Å². The number of unbranched alkanes of at least 4 members (excludes halogenated alkanes) is 9. The Morgan fingerprint density at radius 2 is 1.34 bits per heavy atom. The van der Waals surface area contributed by atoms with E-state index in [0.717, 1.165) is 31.4 Å². The van der Waals surface area contributed by atoms with Crippen LogP contribution in [0.1, 0.15) is 76.9 Å². The molecule has 0 aliphatic heterocycles. The molecule has 6 heteroatoms. The smallest absolute Gasteiger partial charge is 0.227 e. The number of aryl methyl sites for hydroxylation is 1. The van der Waals surface area contributed by atoms with E-state index in [1.165, 1.54) is 51.0 Å². The zero-order chi connectivity index (χ0) is 21.2. The predicted molar refractivity (Wildman–Crippen MR) is 110 cm³/mol. The Balaban J connectivity index is 1.89. The van der Waals surface area contributed by atoms with Crippen molar-refractivity contribution >= 4 is 0 Å². The Morgan fingerprint density at radius 3 is 1.90 bits per heavy atom. The van der Waals surface area contributed by atoms with Gasteiger partial charge in [-0.05, 0) is 24.3 Å². The number of hydrogen-bond donors (Lipinski definition) is 3. The molecular weight excluding hydrogens is 372 g/mol. The zero-order valence-corrected chi connectivity index (χ0v) is 17.1. The minimum Gasteiger partial charge on any atom is -0.867 e. The van der Waals surface area contributed by atoms with Gasteiger partial charge in [0.25, 0.3) is 0 Å². The van der Waals surface area contributed by atoms with Crippen LogP contribution in [0.25, 0.3) is 11.3 Å². The third-order valence-corrected chi connectivity index (χ3v) is 5.06. The second-order valence-electron chi connectivity index (χ2n) is 7.53. The molecular formula is C23H31O6-. The van der Waals surface area contributed by atoms with Gasteiger partial charge in [0.15, 0.2) is 5.76 Å². The molecule has 3 N–H and O–H groups in total. The predicted octanol–water partition coefficient (Wildman–Crippen LogP) is 4.96. The molecule has 0 radical (unpaired) electrons. The number of aromatic hydroxyl groups is 3. The standard InChI is InChI=1S/C23H32O6/c1-2-3-4-5-6-7-8-9-10-11-12-17-15-20(26)22(28)23(29-17)16-13-18(24)21(27)19(25)14-16/h13-15,24-25,27-28H,2-12H2,1H3/p-1. The minimum absolute atomic E-state index is 0.0686. The van der Waals surface area contributed by atoms with Crippen molar-refractivity contribution in [3.05, 3.63) is 34.2 Å². The molecule has 6 nitrogen and oxygen atoms in total. The van der Waals surface area contributed by atoms with Crippen LogP contribution in [-0.4, -0.2) is 15.3 Å². The Kier molecular flexibility index (Phi) is 8.90. The molecule has 0 saturated heterocycles. The molecule has 29 heavy (non-hydrogen) atoms. The third kappa shape index (κ3) is 6.73. The van der Waals surface area contributed by atoms with E-state index in [1.807, 2.05) is 0 Å². The van der Waals surface area contributed by atoms with Gasteiger partial charge in [-0.1, -0.05) is 64.7 Å². The molecule has 1 heterocycles. The maximum absolute atomic E-state index is 12.1. The first-order valence-corrected chi connectivity index (χ1v) is 10.5. The monoisotopic (exact) mass is 403 g/mol. The number of benzene rings is 1. The van der Waals surface area contributed by atoms with E-state index in [-0.39, 0.29) is 11.3 Å². The van der Waals surface area contributed by atoms with Crippen LogP contribution >= 0.6 is 0 Å². The fourth-order valence-electron chi connectivity index (χ4n) is 3.37. The van der Waals surface area contributed by atoms with Gasteiger partial charge in [-0.3, -0.25) is 4.79 Å². The van der Waals surface area contributed by atoms with E-state index >= 15 is 0 Å². The topological polar surface area (TPSA) is 114 Å². The first-order chi connectivity index (χ1) is 13.9. The molecule has 0 unspecified atom stereocenters. The molecule has 0 amide bonds. The van der Waals surface area contributed by atoms with E-state index in [0.29, 0.717) is 12.2 Å². The summed E-state index contributed by atoms with van der Waals surface area (Å²) in [7, 11) is 0. The highest BCUT2D eigenvalue weighted by atomic mass is 16.4. The summed E-state index contributed by atoms with van der Waals surface area (Å²) >= 11 is 0. The average molecular weight is 403 g/mol. The molecule has 1 aromatic carbocycles. The van der Waals surface area contributed by atoms with E-state index in [2.05, 4.69) is 6.92 Å². The highest BCUT2D eigenvalue weighted by Crippen LogP contribution is 2.39. The van der Waals surface area contributed by atoms with Gasteiger partial charge in [-0.25, -0.2) is 0 Å². The van der Waals surface area contributed by atoms with Crippen LogP contribution in [0, 0.1) is 0 Å². The lowest BCUT2D eigenvalue weighted by Gasteiger charge is -2.13. The van der Waals surface area contributed by atoms with Crippen molar-refractivity contribution in [3.8, 4) is 34.3 Å². The van der Waals surface area contributed by atoms with Crippen molar-refractivity contribution in [2.45, 2.75) is 77.6 Å². The van der Waals surface area contributed by atoms with Crippen LogP contribution in [-0.2, 0) is 6.42 Å². The molecule has 2 aromatic rings. The normalized spacial score (nSPS) is 11.1. The van der Waals surface area contributed by atoms with Gasteiger partial charge in [-0.2, -0.15) is 0 Å². The molecule has 0 atom stereocenters. The highest BCUT2D eigenvalue weighted by molar-refractivity contribution is 5.70. The molecule has 0 aliphatic rings. The van der Waals surface area contributed by atoms with Crippen LogP contribution in [0.5, 0.6) is 23.0 Å². The summed E-state index contributed by atoms with van der Waals surface area (Å²) in [5.74, 6) is -2.63. The Hall–Kier alpha value is -2.63. The molecule has 160 valence electrons. The molecule has 0 spiro atoms. The molecule has 1 aromatic heterocycles. The minimum atomic E-state index is -0.919. The number of phenols is 2. The summed E-state index contributed by atoms with van der Waals surface area (Å²) in [6.07, 6.45) is 12.5. The molecule has 0 saturated carbocycles. The van der Waals surface area contributed by atoms with Crippen molar-refractivity contribution < 1.29 is 24.8 Å². The van der Waals surface area contributed by atoms with Gasteiger partial charge in [-0.15, -0.1) is 0 Å². The molecule has 0 aliphatic carbocycles. The fourth-order valence-corrected chi connectivity index (χ4v) is 3.37. The maximum Gasteiger partial charge on any atom is 0.227 e. The lowest BCUT2D eigenvalue weighted by molar-refractivity contribution is -0.272. The molecule has 0 bridgehead atoms. The zero-order valence-electron chi connectivity index (χ0n) is 17.1. The van der Waals surface area contributed by atoms with Crippen LogP contribution < -0.4 is 10.5 Å². The summed E-state index contributed by atoms with van der Waals surface area (Å²) in [5.41, 5.74) is -0.530. The van der Waals surface area contributed by atoms with Crippen molar-refractivity contribution in [2.75, 3.05) is 0 Å². The summed E-state index contributed by atoms with van der Waals surface area (Å²) in [6, 6.07) is 3.38. The average Bonchev–Trinajstić information content (AvgIpc) is 2.69. The largest absolute Gasteiger partial charge is 0.867 e. The van der Waals surface area contributed by atoms with Gasteiger partial charge >= 0.3 is 0 Å². The van der Waals surface area contributed by atoms with Crippen molar-refractivity contribution in [1.29, 1.82) is 0 Å². The summed E-state index contributed by atoms with van der Waals surface area (Å²) < 4.78 is 5.63. The Morgan fingerprint density at radius 1 is 0.828 bits per heavy atom. The SMILES string of the molecule is CCCCCCCCCCCCc1cc(=O)c(O)c(-c2cc(O)c([O-])c(O)c2)o1. The lowest BCUT2D eigenvalue weighted by Crippen LogP contribution is -2.03. The molecule has 0 fully saturated rings. The number of phenolic OH excluding ortho intramolecular Hbond substituents is 2. The Bertz CT molecular complexity index is 817. The number of rotatable bonds is 12. The second-order valence-corrected chi connectivity index (χ2v) is 7.53. The van der Waals surface area contributed by atoms with Crippen LogP contribution in [0.2, 0.25) is 0 Å². The van der Waals surface area contributed by atoms with Gasteiger partial charge in [0, 0.05) is 18.1 Å². The first-order valence-electron chi connectivity index (χ1n) is 10.5. The van der Waals surface area contributed by atoms with E-state index < -0.39 is 28.4 Å². The fraction of sp³-hybridized carbons (Fsp3) is 0.522. The summed E-state index contributed by atoms with van der Waals surface area (Å²) in [6.45, 7) is 2.22. The van der Waals surface area contributed by atoms with Gasteiger partial charge in [0.1, 0.15) is 17.3 Å². The van der Waals surface area contributed by atoms with Gasteiger partial charge in [0.05, 0.1) is 0 Å². The van der Waals surface area contributed by atoms with Crippen LogP contribution in [0.4, 0.5) is 0 Å². The van der Waals surface area contributed by atoms with E-state index in [4.69, 9.17) is 4.42 Å². The summed E-state index contributed by atoms with van der Waals surface area (Å²) in [5, 5.41) is 40.7. The number of hydrogen-bond acceptors (Lipinski definition) is 6. The Labute approximate surface area is 171 Å². The first kappa shape index (κ1) is 22.7. The maximum atomic E-state index is 12.1. The van der Waals surface area contributed by atoms with E-state index in [1.54, 1.807) is 0 Å².